The molecule has 34 heavy (non-hydrogen) atoms. The minimum absolute atomic E-state index is 0.0378. The van der Waals surface area contributed by atoms with Crippen molar-refractivity contribution < 1.29 is 24.2 Å². The topological polar surface area (TPSA) is 100 Å². The van der Waals surface area contributed by atoms with Gasteiger partial charge in [0.1, 0.15) is 5.76 Å². The fourth-order valence-electron chi connectivity index (χ4n) is 4.43. The zero-order valence-corrected chi connectivity index (χ0v) is 19.9. The number of rotatable bonds is 4. The van der Waals surface area contributed by atoms with E-state index in [1.807, 2.05) is 0 Å². The molecule has 2 saturated heterocycles. The third-order valence-corrected chi connectivity index (χ3v) is 6.80. The summed E-state index contributed by atoms with van der Waals surface area (Å²) in [5.74, 6) is -1.83. The average Bonchev–Trinajstić information content (AvgIpc) is 3.11. The Labute approximate surface area is 206 Å². The normalized spacial score (nSPS) is 20.6. The van der Waals surface area contributed by atoms with E-state index in [0.29, 0.717) is 36.5 Å². The third-order valence-electron chi connectivity index (χ3n) is 6.06. The first-order valence-electron chi connectivity index (χ1n) is 10.9. The fourth-order valence-corrected chi connectivity index (χ4v) is 4.73. The number of halogens is 2. The molecule has 4 rings (SSSR count). The number of likely N-dealkylation sites (tertiary alicyclic amines) is 2. The van der Waals surface area contributed by atoms with Gasteiger partial charge in [-0.05, 0) is 49.6 Å². The predicted octanol–water partition coefficient (Wildman–Crippen LogP) is 4.43. The number of carbonyl (C=O) groups excluding carboxylic acids is 3. The van der Waals surface area contributed by atoms with Crippen LogP contribution in [-0.4, -0.2) is 63.4 Å². The number of aliphatic hydroxyl groups is 1. The lowest BCUT2D eigenvalue weighted by Gasteiger charge is -2.38. The summed E-state index contributed by atoms with van der Waals surface area (Å²) in [6.45, 7) is 2.80. The van der Waals surface area contributed by atoms with Crippen molar-refractivity contribution in [3.63, 3.8) is 0 Å². The molecule has 178 valence electrons. The van der Waals surface area contributed by atoms with E-state index in [2.05, 4.69) is 4.98 Å². The van der Waals surface area contributed by atoms with Crippen LogP contribution in [0.1, 0.15) is 36.9 Å². The first kappa shape index (κ1) is 24.0. The van der Waals surface area contributed by atoms with Crippen LogP contribution in [0.5, 0.6) is 0 Å². The SMILES string of the molecule is CCOC(=O)N1CCC(N2C(=O)C(=O)/C(=C(/O)c3ccc(Cl)c(Cl)c3)C2c2cccnc2)CC1. The highest BCUT2D eigenvalue weighted by Crippen LogP contribution is 2.42. The molecule has 1 atom stereocenters. The second kappa shape index (κ2) is 10.0. The number of pyridine rings is 1. The van der Waals surface area contributed by atoms with E-state index in [1.165, 1.54) is 23.1 Å². The van der Waals surface area contributed by atoms with Crippen LogP contribution in [0.3, 0.4) is 0 Å². The van der Waals surface area contributed by atoms with Gasteiger partial charge in [-0.2, -0.15) is 0 Å². The summed E-state index contributed by atoms with van der Waals surface area (Å²) in [5.41, 5.74) is 0.832. The quantitative estimate of drug-likeness (QED) is 0.376. The molecule has 0 spiro atoms. The number of piperidine rings is 1. The lowest BCUT2D eigenvalue weighted by Crippen LogP contribution is -2.48. The van der Waals surface area contributed by atoms with E-state index in [9.17, 15) is 19.5 Å². The third kappa shape index (κ3) is 4.48. The van der Waals surface area contributed by atoms with Gasteiger partial charge < -0.3 is 19.6 Å². The Morgan fingerprint density at radius 3 is 2.53 bits per heavy atom. The molecule has 1 aromatic heterocycles. The van der Waals surface area contributed by atoms with Crippen LogP contribution in [0.2, 0.25) is 10.0 Å². The maximum atomic E-state index is 13.2. The number of amides is 2. The molecule has 0 aliphatic carbocycles. The van der Waals surface area contributed by atoms with E-state index in [4.69, 9.17) is 27.9 Å². The number of nitrogens with zero attached hydrogens (tertiary/aromatic N) is 3. The monoisotopic (exact) mass is 503 g/mol. The van der Waals surface area contributed by atoms with Crippen LogP contribution in [-0.2, 0) is 14.3 Å². The molecule has 2 fully saturated rings. The van der Waals surface area contributed by atoms with Gasteiger partial charge in [-0.15, -0.1) is 0 Å². The fraction of sp³-hybridized carbons (Fsp3) is 0.333. The number of carbonyl (C=O) groups is 3. The van der Waals surface area contributed by atoms with E-state index in [-0.39, 0.29) is 34.6 Å². The second-order valence-corrected chi connectivity index (χ2v) is 8.85. The highest BCUT2D eigenvalue weighted by molar-refractivity contribution is 6.47. The van der Waals surface area contributed by atoms with Crippen LogP contribution < -0.4 is 0 Å². The van der Waals surface area contributed by atoms with Crippen molar-refractivity contribution in [1.29, 1.82) is 0 Å². The molecule has 0 radical (unpaired) electrons. The molecule has 1 N–H and O–H groups in total. The molecule has 10 heteroatoms. The van der Waals surface area contributed by atoms with Crippen LogP contribution in [0.15, 0.2) is 48.3 Å². The standard InChI is InChI=1S/C24H23Cl2N3O5/c1-2-34-24(33)28-10-7-16(8-11-28)29-20(15-4-3-9-27-13-15)19(22(31)23(29)32)21(30)14-5-6-17(25)18(26)12-14/h3-6,9,12-13,16,20,30H,2,7-8,10-11H2,1H3/b21-19+. The number of Topliss-reactive ketones (excluding diaryl/α,β-unsaturated/α-hetero) is 1. The Bertz CT molecular complexity index is 1150. The number of ether oxygens (including phenoxy) is 1. The van der Waals surface area contributed by atoms with Gasteiger partial charge in [-0.1, -0.05) is 29.3 Å². The molecule has 1 aromatic carbocycles. The van der Waals surface area contributed by atoms with Crippen molar-refractivity contribution >= 4 is 46.7 Å². The van der Waals surface area contributed by atoms with E-state index < -0.39 is 23.8 Å². The van der Waals surface area contributed by atoms with E-state index in [1.54, 1.807) is 36.4 Å². The summed E-state index contributed by atoms with van der Waals surface area (Å²) in [7, 11) is 0. The molecule has 2 aromatic rings. The van der Waals surface area contributed by atoms with Crippen molar-refractivity contribution in [1.82, 2.24) is 14.8 Å². The van der Waals surface area contributed by atoms with Gasteiger partial charge in [0.2, 0.25) is 0 Å². The Morgan fingerprint density at radius 2 is 1.91 bits per heavy atom. The van der Waals surface area contributed by atoms with Crippen molar-refractivity contribution in [2.24, 2.45) is 0 Å². The van der Waals surface area contributed by atoms with E-state index in [0.717, 1.165) is 0 Å². The zero-order chi connectivity index (χ0) is 24.4. The van der Waals surface area contributed by atoms with Crippen LogP contribution in [0, 0.1) is 0 Å². The zero-order valence-electron chi connectivity index (χ0n) is 18.4. The Hall–Kier alpha value is -3.10. The van der Waals surface area contributed by atoms with Crippen molar-refractivity contribution in [2.75, 3.05) is 19.7 Å². The van der Waals surface area contributed by atoms with Gasteiger partial charge >= 0.3 is 6.09 Å². The Kier molecular flexibility index (Phi) is 7.09. The Morgan fingerprint density at radius 1 is 1.18 bits per heavy atom. The van der Waals surface area contributed by atoms with Gasteiger partial charge in [0.05, 0.1) is 28.3 Å². The molecule has 0 saturated carbocycles. The average molecular weight is 504 g/mol. The number of ketones is 1. The van der Waals surface area contributed by atoms with Crippen LogP contribution in [0.4, 0.5) is 4.79 Å². The highest BCUT2D eigenvalue weighted by Gasteiger charge is 2.49. The first-order valence-corrected chi connectivity index (χ1v) is 11.7. The molecular formula is C24H23Cl2N3O5. The number of benzene rings is 1. The molecule has 2 aliphatic heterocycles. The lowest BCUT2D eigenvalue weighted by molar-refractivity contribution is -0.142. The van der Waals surface area contributed by atoms with Crippen molar-refractivity contribution in [3.05, 3.63) is 69.5 Å². The lowest BCUT2D eigenvalue weighted by atomic mass is 9.94. The maximum Gasteiger partial charge on any atom is 0.409 e. The first-order chi connectivity index (χ1) is 16.3. The molecule has 8 nitrogen and oxygen atoms in total. The summed E-state index contributed by atoms with van der Waals surface area (Å²) in [6, 6.07) is 6.82. The number of hydrogen-bond acceptors (Lipinski definition) is 6. The maximum absolute atomic E-state index is 13.2. The van der Waals surface area contributed by atoms with Gasteiger partial charge in [0.25, 0.3) is 11.7 Å². The van der Waals surface area contributed by atoms with Gasteiger partial charge in [0, 0.05) is 37.1 Å². The van der Waals surface area contributed by atoms with Gasteiger partial charge in [-0.25, -0.2) is 4.79 Å². The van der Waals surface area contributed by atoms with E-state index >= 15 is 0 Å². The van der Waals surface area contributed by atoms with Crippen molar-refractivity contribution in [2.45, 2.75) is 31.8 Å². The summed E-state index contributed by atoms with van der Waals surface area (Å²) >= 11 is 12.1. The molecular weight excluding hydrogens is 481 g/mol. The van der Waals surface area contributed by atoms with Crippen molar-refractivity contribution in [3.8, 4) is 0 Å². The van der Waals surface area contributed by atoms with Gasteiger partial charge in [-0.3, -0.25) is 14.6 Å². The number of aliphatic hydroxyl groups excluding tert-OH is 1. The second-order valence-electron chi connectivity index (χ2n) is 8.04. The summed E-state index contributed by atoms with van der Waals surface area (Å²) in [6.07, 6.45) is 3.70. The highest BCUT2D eigenvalue weighted by atomic mass is 35.5. The van der Waals surface area contributed by atoms with Gasteiger partial charge in [0.15, 0.2) is 0 Å². The molecule has 3 heterocycles. The summed E-state index contributed by atoms with van der Waals surface area (Å²) < 4.78 is 5.07. The molecule has 2 amide bonds. The number of hydrogen-bond donors (Lipinski definition) is 1. The van der Waals surface area contributed by atoms with Crippen LogP contribution >= 0.6 is 23.2 Å². The van der Waals surface area contributed by atoms with Crippen LogP contribution in [0.25, 0.3) is 5.76 Å². The smallest absolute Gasteiger partial charge is 0.409 e. The predicted molar refractivity (Wildman–Crippen MR) is 126 cm³/mol. The molecule has 0 bridgehead atoms. The largest absolute Gasteiger partial charge is 0.507 e. The summed E-state index contributed by atoms with van der Waals surface area (Å²) in [4.78, 5) is 45.7. The molecule has 1 unspecified atom stereocenters. The Balaban J connectivity index is 1.73. The minimum Gasteiger partial charge on any atom is -0.507 e. The summed E-state index contributed by atoms with van der Waals surface area (Å²) in [5, 5.41) is 11.6. The minimum atomic E-state index is -0.831. The number of aromatic nitrogens is 1. The molecule has 2 aliphatic rings.